The van der Waals surface area contributed by atoms with Crippen LogP contribution < -0.4 is 5.69 Å². The second kappa shape index (κ2) is 5.35. The molecule has 8 heteroatoms. The lowest BCUT2D eigenvalue weighted by Crippen LogP contribution is -2.16. The van der Waals surface area contributed by atoms with Gasteiger partial charge in [0.1, 0.15) is 11.3 Å². The molecule has 0 aliphatic heterocycles. The van der Waals surface area contributed by atoms with Gasteiger partial charge in [-0.3, -0.25) is 0 Å². The van der Waals surface area contributed by atoms with E-state index in [1.54, 1.807) is 18.5 Å². The molecule has 0 unspecified atom stereocenters. The molecule has 3 heterocycles. The molecule has 2 N–H and O–H groups in total. The van der Waals surface area contributed by atoms with Crippen LogP contribution in [0.1, 0.15) is 0 Å². The minimum atomic E-state index is -0.505. The van der Waals surface area contributed by atoms with Crippen LogP contribution in [-0.4, -0.2) is 29.5 Å². The number of benzene rings is 2. The van der Waals surface area contributed by atoms with Crippen molar-refractivity contribution in [3.63, 3.8) is 0 Å². The second-order valence-electron chi connectivity index (χ2n) is 5.78. The summed E-state index contributed by atoms with van der Waals surface area (Å²) in [5, 5.41) is 0. The topological polar surface area (TPSA) is 92.2 Å². The summed E-state index contributed by atoms with van der Waals surface area (Å²) >= 11 is 0. The van der Waals surface area contributed by atoms with Gasteiger partial charge in [0.25, 0.3) is 0 Å². The average molecular weight is 346 g/mol. The molecule has 0 amide bonds. The molecule has 0 bridgehead atoms. The number of aromatic nitrogens is 6. The van der Waals surface area contributed by atoms with Crippen molar-refractivity contribution in [1.29, 1.82) is 0 Å². The largest absolute Gasteiger partial charge is 0.345 e. The Hall–Kier alpha value is -3.81. The van der Waals surface area contributed by atoms with Crippen molar-refractivity contribution >= 4 is 22.2 Å². The third kappa shape index (κ3) is 2.12. The molecule has 0 saturated carbocycles. The van der Waals surface area contributed by atoms with Gasteiger partial charge in [-0.1, -0.05) is 12.1 Å². The van der Waals surface area contributed by atoms with Crippen LogP contribution in [0.5, 0.6) is 0 Å². The van der Waals surface area contributed by atoms with Crippen LogP contribution in [0, 0.1) is 5.82 Å². The second-order valence-corrected chi connectivity index (χ2v) is 5.78. The van der Waals surface area contributed by atoms with Gasteiger partial charge in [-0.25, -0.2) is 28.7 Å². The predicted octanol–water partition coefficient (Wildman–Crippen LogP) is 2.79. The minimum Gasteiger partial charge on any atom is -0.345 e. The molecule has 0 aliphatic rings. The molecular formula is C18H11FN6O. The third-order valence-electron chi connectivity index (χ3n) is 4.20. The SMILES string of the molecule is O=c1[nH]c2cnc(-c3ccc4nc[nH]c4c3)nc2n1-c1ccccc1F. The van der Waals surface area contributed by atoms with E-state index in [2.05, 4.69) is 24.9 Å². The van der Waals surface area contributed by atoms with Gasteiger partial charge in [0, 0.05) is 5.56 Å². The highest BCUT2D eigenvalue weighted by Crippen LogP contribution is 2.22. The van der Waals surface area contributed by atoms with Gasteiger partial charge in [0.05, 0.1) is 29.2 Å². The number of halogens is 1. The first kappa shape index (κ1) is 14.5. The number of fused-ring (bicyclic) bond motifs is 2. The van der Waals surface area contributed by atoms with Crippen molar-refractivity contribution in [3.05, 3.63) is 71.3 Å². The molecule has 7 nitrogen and oxygen atoms in total. The van der Waals surface area contributed by atoms with Crippen LogP contribution in [0.15, 0.2) is 59.8 Å². The smallest absolute Gasteiger partial charge is 0.332 e. The third-order valence-corrected chi connectivity index (χ3v) is 4.20. The Morgan fingerprint density at radius 1 is 1.04 bits per heavy atom. The summed E-state index contributed by atoms with van der Waals surface area (Å²) < 4.78 is 15.4. The molecule has 0 radical (unpaired) electrons. The molecule has 0 aliphatic carbocycles. The zero-order valence-corrected chi connectivity index (χ0v) is 13.3. The Morgan fingerprint density at radius 3 is 2.81 bits per heavy atom. The number of rotatable bonds is 2. The number of hydrogen-bond acceptors (Lipinski definition) is 4. The highest BCUT2D eigenvalue weighted by Gasteiger charge is 2.15. The maximum Gasteiger partial charge on any atom is 0.332 e. The first-order chi connectivity index (χ1) is 12.7. The molecule has 3 aromatic heterocycles. The quantitative estimate of drug-likeness (QED) is 0.514. The summed E-state index contributed by atoms with van der Waals surface area (Å²) in [4.78, 5) is 31.0. The van der Waals surface area contributed by atoms with Crippen molar-refractivity contribution in [2.75, 3.05) is 0 Å². The summed E-state index contributed by atoms with van der Waals surface area (Å²) in [5.74, 6) is -0.0763. The lowest BCUT2D eigenvalue weighted by atomic mass is 10.2. The summed E-state index contributed by atoms with van der Waals surface area (Å²) in [6.45, 7) is 0. The van der Waals surface area contributed by atoms with E-state index in [1.807, 2.05) is 18.2 Å². The Labute approximate surface area is 145 Å². The van der Waals surface area contributed by atoms with Crippen LogP contribution in [0.3, 0.4) is 0 Å². The Morgan fingerprint density at radius 2 is 1.92 bits per heavy atom. The van der Waals surface area contributed by atoms with E-state index < -0.39 is 11.5 Å². The van der Waals surface area contributed by atoms with Crippen LogP contribution in [0.4, 0.5) is 4.39 Å². The zero-order chi connectivity index (χ0) is 17.7. The molecule has 2 aromatic carbocycles. The Kier molecular flexibility index (Phi) is 2.99. The van der Waals surface area contributed by atoms with E-state index >= 15 is 0 Å². The number of H-pyrrole nitrogens is 2. The van der Waals surface area contributed by atoms with E-state index in [0.29, 0.717) is 17.0 Å². The maximum absolute atomic E-state index is 14.2. The first-order valence-electron chi connectivity index (χ1n) is 7.87. The van der Waals surface area contributed by atoms with Gasteiger partial charge in [0.2, 0.25) is 0 Å². The zero-order valence-electron chi connectivity index (χ0n) is 13.3. The molecule has 0 saturated heterocycles. The summed E-state index contributed by atoms with van der Waals surface area (Å²) in [6, 6.07) is 11.6. The number of imidazole rings is 2. The number of aromatic amines is 2. The number of hydrogen-bond donors (Lipinski definition) is 2. The van der Waals surface area contributed by atoms with Crippen molar-refractivity contribution in [2.24, 2.45) is 0 Å². The molecule has 5 aromatic rings. The molecular weight excluding hydrogens is 335 g/mol. The van der Waals surface area contributed by atoms with E-state index in [4.69, 9.17) is 0 Å². The van der Waals surface area contributed by atoms with Crippen molar-refractivity contribution in [2.45, 2.75) is 0 Å². The van der Waals surface area contributed by atoms with E-state index in [-0.39, 0.29) is 5.69 Å². The standard InChI is InChI=1S/C18H11FN6O/c19-11-3-1-2-4-15(11)25-17-14(23-18(25)26)8-20-16(24-17)10-5-6-12-13(7-10)22-9-21-12/h1-9H,(H,21,22)(H,23,26). The molecule has 0 fully saturated rings. The maximum atomic E-state index is 14.2. The first-order valence-corrected chi connectivity index (χ1v) is 7.87. The lowest BCUT2D eigenvalue weighted by Gasteiger charge is -2.05. The molecule has 0 spiro atoms. The lowest BCUT2D eigenvalue weighted by molar-refractivity contribution is 0.617. The average Bonchev–Trinajstić information content (AvgIpc) is 3.24. The monoisotopic (exact) mass is 346 g/mol. The molecule has 26 heavy (non-hydrogen) atoms. The Bertz CT molecular complexity index is 1330. The molecule has 0 atom stereocenters. The van der Waals surface area contributed by atoms with Gasteiger partial charge < -0.3 is 9.97 Å². The van der Waals surface area contributed by atoms with Crippen LogP contribution in [-0.2, 0) is 0 Å². The normalized spacial score (nSPS) is 11.4. The Balaban J connectivity index is 1.75. The van der Waals surface area contributed by atoms with Gasteiger partial charge in [-0.05, 0) is 30.3 Å². The molecule has 126 valence electrons. The van der Waals surface area contributed by atoms with Crippen molar-refractivity contribution < 1.29 is 4.39 Å². The molecule has 5 rings (SSSR count). The van der Waals surface area contributed by atoms with Crippen molar-refractivity contribution in [1.82, 2.24) is 29.5 Å². The van der Waals surface area contributed by atoms with Crippen molar-refractivity contribution in [3.8, 4) is 17.1 Å². The number of nitrogens with zero attached hydrogens (tertiary/aromatic N) is 4. The minimum absolute atomic E-state index is 0.137. The summed E-state index contributed by atoms with van der Waals surface area (Å²) in [6.07, 6.45) is 3.13. The van der Waals surface area contributed by atoms with E-state index in [1.165, 1.54) is 22.9 Å². The van der Waals surface area contributed by atoms with Gasteiger partial charge >= 0.3 is 5.69 Å². The van der Waals surface area contributed by atoms with Gasteiger partial charge in [-0.15, -0.1) is 0 Å². The fourth-order valence-electron chi connectivity index (χ4n) is 2.97. The van der Waals surface area contributed by atoms with Gasteiger partial charge in [-0.2, -0.15) is 0 Å². The van der Waals surface area contributed by atoms with Crippen LogP contribution in [0.2, 0.25) is 0 Å². The van der Waals surface area contributed by atoms with Crippen LogP contribution in [0.25, 0.3) is 39.3 Å². The van der Waals surface area contributed by atoms with Gasteiger partial charge in [0.15, 0.2) is 11.5 Å². The fourth-order valence-corrected chi connectivity index (χ4v) is 2.97. The number of nitrogens with one attached hydrogen (secondary N) is 2. The summed E-state index contributed by atoms with van der Waals surface area (Å²) in [5.41, 5.74) is 2.86. The fraction of sp³-hybridized carbons (Fsp3) is 0. The predicted molar refractivity (Wildman–Crippen MR) is 94.5 cm³/mol. The van der Waals surface area contributed by atoms with E-state index in [9.17, 15) is 9.18 Å². The summed E-state index contributed by atoms with van der Waals surface area (Å²) in [7, 11) is 0. The number of para-hydroxylation sites is 1. The highest BCUT2D eigenvalue weighted by molar-refractivity contribution is 5.81. The van der Waals surface area contributed by atoms with Crippen LogP contribution >= 0.6 is 0 Å². The highest BCUT2D eigenvalue weighted by atomic mass is 19.1. The van der Waals surface area contributed by atoms with E-state index in [0.717, 1.165) is 16.6 Å².